The lowest BCUT2D eigenvalue weighted by Crippen LogP contribution is -2.47. The van der Waals surface area contributed by atoms with Crippen molar-refractivity contribution in [1.82, 2.24) is 19.9 Å². The molecule has 1 saturated heterocycles. The number of ether oxygens (including phenoxy) is 1. The maximum Gasteiger partial charge on any atom is 0.225 e. The molecule has 0 aliphatic carbocycles. The Hall–Kier alpha value is -2.96. The lowest BCUT2D eigenvalue weighted by Gasteiger charge is -2.36. The Bertz CT molecular complexity index is 878. The highest BCUT2D eigenvalue weighted by molar-refractivity contribution is 5.86. The third-order valence-electron chi connectivity index (χ3n) is 4.41. The van der Waals surface area contributed by atoms with Crippen molar-refractivity contribution in [2.45, 2.75) is 20.0 Å². The molecule has 0 saturated carbocycles. The molecule has 1 aromatic carbocycles. The Morgan fingerprint density at radius 2 is 1.65 bits per heavy atom. The number of aromatic nitrogens is 4. The van der Waals surface area contributed by atoms with Crippen LogP contribution < -0.4 is 14.5 Å². The number of hydrogen-bond donors (Lipinski definition) is 0. The second kappa shape index (κ2) is 7.11. The molecule has 0 radical (unpaired) electrons. The van der Waals surface area contributed by atoms with Gasteiger partial charge in [-0.3, -0.25) is 0 Å². The minimum Gasteiger partial charge on any atom is -0.474 e. The molecule has 0 unspecified atom stereocenters. The zero-order valence-corrected chi connectivity index (χ0v) is 15.0. The Balaban J connectivity index is 1.54. The van der Waals surface area contributed by atoms with E-state index in [0.29, 0.717) is 5.88 Å². The highest BCUT2D eigenvalue weighted by atomic mass is 16.5. The highest BCUT2D eigenvalue weighted by Crippen LogP contribution is 2.28. The van der Waals surface area contributed by atoms with Crippen molar-refractivity contribution in [1.29, 1.82) is 0 Å². The molecule has 0 N–H and O–H groups in total. The minimum absolute atomic E-state index is 0.0752. The van der Waals surface area contributed by atoms with Gasteiger partial charge in [0.1, 0.15) is 6.33 Å². The van der Waals surface area contributed by atoms with Crippen LogP contribution in [0.3, 0.4) is 0 Å². The van der Waals surface area contributed by atoms with E-state index in [9.17, 15) is 0 Å². The number of fused-ring (bicyclic) bond motifs is 1. The normalized spacial score (nSPS) is 14.9. The number of benzene rings is 1. The summed E-state index contributed by atoms with van der Waals surface area (Å²) in [5.41, 5.74) is 2.06. The van der Waals surface area contributed by atoms with Gasteiger partial charge in [0, 0.05) is 44.3 Å². The van der Waals surface area contributed by atoms with Crippen LogP contribution in [0, 0.1) is 0 Å². The van der Waals surface area contributed by atoms with Crippen LogP contribution in [0.1, 0.15) is 13.8 Å². The summed E-state index contributed by atoms with van der Waals surface area (Å²) < 4.78 is 5.85. The van der Waals surface area contributed by atoms with Crippen LogP contribution in [0.5, 0.6) is 5.88 Å². The second-order valence-corrected chi connectivity index (χ2v) is 6.57. The van der Waals surface area contributed by atoms with Crippen LogP contribution >= 0.6 is 0 Å². The third kappa shape index (κ3) is 3.37. The van der Waals surface area contributed by atoms with Crippen molar-refractivity contribution < 1.29 is 4.74 Å². The SMILES string of the molecule is CC(C)Oc1ncnc2ccc(N3CCN(c4ncccn4)CC3)cc12. The summed E-state index contributed by atoms with van der Waals surface area (Å²) in [5, 5.41) is 0.951. The van der Waals surface area contributed by atoms with E-state index >= 15 is 0 Å². The van der Waals surface area contributed by atoms with Crippen molar-refractivity contribution in [2.24, 2.45) is 0 Å². The van der Waals surface area contributed by atoms with Gasteiger partial charge in [-0.2, -0.15) is 0 Å². The van der Waals surface area contributed by atoms with E-state index in [0.717, 1.165) is 48.7 Å². The standard InChI is InChI=1S/C19H22N6O/c1-14(2)26-18-16-12-15(4-5-17(16)22-13-23-18)24-8-10-25(11-9-24)19-20-6-3-7-21-19/h3-7,12-14H,8-11H2,1-2H3. The van der Waals surface area contributed by atoms with E-state index in [-0.39, 0.29) is 6.10 Å². The van der Waals surface area contributed by atoms with Gasteiger partial charge in [0.2, 0.25) is 11.8 Å². The van der Waals surface area contributed by atoms with Crippen molar-refractivity contribution >= 4 is 22.5 Å². The molecule has 3 aromatic rings. The number of anilines is 2. The number of piperazine rings is 1. The third-order valence-corrected chi connectivity index (χ3v) is 4.41. The predicted octanol–water partition coefficient (Wildman–Crippen LogP) is 2.53. The smallest absolute Gasteiger partial charge is 0.225 e. The molecule has 3 heterocycles. The molecule has 4 rings (SSSR count). The van der Waals surface area contributed by atoms with E-state index in [2.05, 4.69) is 41.9 Å². The summed E-state index contributed by atoms with van der Waals surface area (Å²) in [4.78, 5) is 21.9. The molecule has 26 heavy (non-hydrogen) atoms. The molecule has 1 aliphatic heterocycles. The Labute approximate surface area is 152 Å². The van der Waals surface area contributed by atoms with Crippen LogP contribution in [0.4, 0.5) is 11.6 Å². The molecule has 1 fully saturated rings. The van der Waals surface area contributed by atoms with E-state index in [1.165, 1.54) is 0 Å². The number of nitrogens with zero attached hydrogens (tertiary/aromatic N) is 6. The molecular formula is C19H22N6O. The first kappa shape index (κ1) is 16.5. The first-order valence-electron chi connectivity index (χ1n) is 8.89. The Morgan fingerprint density at radius 1 is 0.923 bits per heavy atom. The van der Waals surface area contributed by atoms with Gasteiger partial charge in [0.15, 0.2) is 0 Å². The predicted molar refractivity (Wildman–Crippen MR) is 102 cm³/mol. The minimum atomic E-state index is 0.0752. The average Bonchev–Trinajstić information content (AvgIpc) is 2.68. The van der Waals surface area contributed by atoms with Gasteiger partial charge in [0.25, 0.3) is 0 Å². The van der Waals surface area contributed by atoms with E-state index < -0.39 is 0 Å². The summed E-state index contributed by atoms with van der Waals surface area (Å²) >= 11 is 0. The fourth-order valence-corrected chi connectivity index (χ4v) is 3.15. The van der Waals surface area contributed by atoms with Crippen molar-refractivity contribution in [3.63, 3.8) is 0 Å². The van der Waals surface area contributed by atoms with Crippen LogP contribution in [-0.4, -0.2) is 52.2 Å². The van der Waals surface area contributed by atoms with Gasteiger partial charge in [-0.1, -0.05) is 0 Å². The lowest BCUT2D eigenvalue weighted by molar-refractivity contribution is 0.235. The molecular weight excluding hydrogens is 328 g/mol. The van der Waals surface area contributed by atoms with Crippen molar-refractivity contribution in [3.8, 4) is 5.88 Å². The van der Waals surface area contributed by atoms with Gasteiger partial charge < -0.3 is 14.5 Å². The van der Waals surface area contributed by atoms with Gasteiger partial charge in [-0.15, -0.1) is 0 Å². The summed E-state index contributed by atoms with van der Waals surface area (Å²) in [6.07, 6.45) is 5.20. The topological polar surface area (TPSA) is 67.3 Å². The Kier molecular flexibility index (Phi) is 4.51. The van der Waals surface area contributed by atoms with Crippen molar-refractivity contribution in [2.75, 3.05) is 36.0 Å². The molecule has 0 spiro atoms. The summed E-state index contributed by atoms with van der Waals surface area (Å²) in [7, 11) is 0. The highest BCUT2D eigenvalue weighted by Gasteiger charge is 2.20. The first-order valence-corrected chi connectivity index (χ1v) is 8.89. The zero-order chi connectivity index (χ0) is 17.9. The maximum atomic E-state index is 5.85. The van der Waals surface area contributed by atoms with Gasteiger partial charge >= 0.3 is 0 Å². The van der Waals surface area contributed by atoms with Crippen LogP contribution in [-0.2, 0) is 0 Å². The number of rotatable bonds is 4. The monoisotopic (exact) mass is 350 g/mol. The molecule has 0 atom stereocenters. The summed E-state index contributed by atoms with van der Waals surface area (Å²) in [6, 6.07) is 8.12. The van der Waals surface area contributed by atoms with Crippen molar-refractivity contribution in [3.05, 3.63) is 43.0 Å². The van der Waals surface area contributed by atoms with E-state index in [4.69, 9.17) is 4.74 Å². The quantitative estimate of drug-likeness (QED) is 0.716. The summed E-state index contributed by atoms with van der Waals surface area (Å²) in [5.74, 6) is 1.44. The first-order chi connectivity index (χ1) is 12.7. The molecule has 134 valence electrons. The van der Waals surface area contributed by atoms with E-state index in [1.807, 2.05) is 26.0 Å². The average molecular weight is 350 g/mol. The molecule has 7 heteroatoms. The van der Waals surface area contributed by atoms with Gasteiger partial charge in [-0.05, 0) is 38.1 Å². The molecule has 1 aliphatic rings. The fraction of sp³-hybridized carbons (Fsp3) is 0.368. The molecule has 7 nitrogen and oxygen atoms in total. The van der Waals surface area contributed by atoms with Crippen LogP contribution in [0.25, 0.3) is 10.9 Å². The summed E-state index contributed by atoms with van der Waals surface area (Å²) in [6.45, 7) is 7.62. The maximum absolute atomic E-state index is 5.85. The van der Waals surface area contributed by atoms with E-state index in [1.54, 1.807) is 18.7 Å². The lowest BCUT2D eigenvalue weighted by atomic mass is 10.2. The van der Waals surface area contributed by atoms with Crippen LogP contribution in [0.2, 0.25) is 0 Å². The molecule has 0 bridgehead atoms. The van der Waals surface area contributed by atoms with Gasteiger partial charge in [-0.25, -0.2) is 19.9 Å². The number of hydrogen-bond acceptors (Lipinski definition) is 7. The second-order valence-electron chi connectivity index (χ2n) is 6.57. The molecule has 0 amide bonds. The van der Waals surface area contributed by atoms with Crippen LogP contribution in [0.15, 0.2) is 43.0 Å². The largest absolute Gasteiger partial charge is 0.474 e. The molecule has 2 aromatic heterocycles. The van der Waals surface area contributed by atoms with Gasteiger partial charge in [0.05, 0.1) is 17.0 Å². The Morgan fingerprint density at radius 3 is 2.38 bits per heavy atom. The fourth-order valence-electron chi connectivity index (χ4n) is 3.15. The zero-order valence-electron chi connectivity index (χ0n) is 15.0.